The van der Waals surface area contributed by atoms with E-state index in [1.54, 1.807) is 0 Å². The van der Waals surface area contributed by atoms with Gasteiger partial charge in [0.05, 0.1) is 6.54 Å². The van der Waals surface area contributed by atoms with Crippen molar-refractivity contribution in [3.8, 4) is 0 Å². The van der Waals surface area contributed by atoms with Gasteiger partial charge in [-0.15, -0.1) is 0 Å². The summed E-state index contributed by atoms with van der Waals surface area (Å²) in [6, 6.07) is 6.76. The topological polar surface area (TPSA) is 35.6 Å². The summed E-state index contributed by atoms with van der Waals surface area (Å²) in [6.45, 7) is 7.51. The second-order valence-corrected chi connectivity index (χ2v) is 6.00. The van der Waals surface area contributed by atoms with Gasteiger partial charge in [-0.2, -0.15) is 0 Å². The summed E-state index contributed by atoms with van der Waals surface area (Å²) in [5, 5.41) is 3.34. The number of benzene rings is 1. The average Bonchev–Trinajstić information content (AvgIpc) is 2.74. The Morgan fingerprint density at radius 3 is 2.75 bits per heavy atom. The van der Waals surface area contributed by atoms with Crippen LogP contribution in [0.25, 0.3) is 0 Å². The van der Waals surface area contributed by atoms with Crippen LogP contribution >= 0.6 is 0 Å². The third-order valence-electron chi connectivity index (χ3n) is 4.15. The molecule has 2 unspecified atom stereocenters. The molecule has 1 aromatic carbocycles. The SMILES string of the molecule is Cc1ccc(C)c(C2NCC(=O)N2CC(C)N(C)C)c1. The number of amides is 1. The van der Waals surface area contributed by atoms with E-state index >= 15 is 0 Å². The van der Waals surface area contributed by atoms with Crippen molar-refractivity contribution in [2.45, 2.75) is 33.0 Å². The lowest BCUT2D eigenvalue weighted by Gasteiger charge is -2.31. The van der Waals surface area contributed by atoms with Gasteiger partial charge in [0.25, 0.3) is 0 Å². The van der Waals surface area contributed by atoms with Gasteiger partial charge < -0.3 is 9.80 Å². The highest BCUT2D eigenvalue weighted by Crippen LogP contribution is 2.26. The second-order valence-electron chi connectivity index (χ2n) is 6.00. The first-order valence-electron chi connectivity index (χ1n) is 7.16. The van der Waals surface area contributed by atoms with Crippen LogP contribution in [-0.2, 0) is 4.79 Å². The van der Waals surface area contributed by atoms with Crippen molar-refractivity contribution < 1.29 is 4.79 Å². The summed E-state index contributed by atoms with van der Waals surface area (Å²) in [7, 11) is 4.09. The molecule has 0 saturated carbocycles. The first-order valence-corrected chi connectivity index (χ1v) is 7.16. The maximum absolute atomic E-state index is 12.2. The van der Waals surface area contributed by atoms with Gasteiger partial charge >= 0.3 is 0 Å². The lowest BCUT2D eigenvalue weighted by Crippen LogP contribution is -2.41. The molecule has 1 aliphatic heterocycles. The van der Waals surface area contributed by atoms with Gasteiger partial charge in [-0.1, -0.05) is 23.8 Å². The number of carbonyl (C=O) groups excluding carboxylic acids is 1. The predicted molar refractivity (Wildman–Crippen MR) is 81.5 cm³/mol. The van der Waals surface area contributed by atoms with Gasteiger partial charge in [0, 0.05) is 12.6 Å². The van der Waals surface area contributed by atoms with Gasteiger partial charge in [0.2, 0.25) is 5.91 Å². The van der Waals surface area contributed by atoms with Crippen LogP contribution in [0.4, 0.5) is 0 Å². The number of nitrogens with one attached hydrogen (secondary N) is 1. The van der Waals surface area contributed by atoms with Crippen molar-refractivity contribution in [1.29, 1.82) is 0 Å². The number of rotatable bonds is 4. The van der Waals surface area contributed by atoms with Crippen LogP contribution in [0.5, 0.6) is 0 Å². The number of hydrogen-bond acceptors (Lipinski definition) is 3. The van der Waals surface area contributed by atoms with Crippen molar-refractivity contribution in [3.05, 3.63) is 34.9 Å². The van der Waals surface area contributed by atoms with E-state index in [9.17, 15) is 4.79 Å². The van der Waals surface area contributed by atoms with Crippen LogP contribution < -0.4 is 5.32 Å². The van der Waals surface area contributed by atoms with Crippen LogP contribution in [-0.4, -0.2) is 48.9 Å². The van der Waals surface area contributed by atoms with Crippen molar-refractivity contribution in [3.63, 3.8) is 0 Å². The fourth-order valence-electron chi connectivity index (χ4n) is 2.53. The van der Waals surface area contributed by atoms with E-state index in [0.717, 1.165) is 6.54 Å². The first kappa shape index (κ1) is 15.0. The molecule has 0 aromatic heterocycles. The fraction of sp³-hybridized carbons (Fsp3) is 0.562. The van der Waals surface area contributed by atoms with Crippen LogP contribution in [0.1, 0.15) is 29.8 Å². The van der Waals surface area contributed by atoms with Gasteiger partial charge in [-0.25, -0.2) is 0 Å². The van der Waals surface area contributed by atoms with E-state index in [2.05, 4.69) is 49.2 Å². The largest absolute Gasteiger partial charge is 0.320 e. The summed E-state index contributed by atoms with van der Waals surface area (Å²) in [6.07, 6.45) is 0.00444. The summed E-state index contributed by atoms with van der Waals surface area (Å²) < 4.78 is 0. The molecule has 1 N–H and O–H groups in total. The minimum atomic E-state index is 0.00444. The zero-order valence-corrected chi connectivity index (χ0v) is 13.1. The molecule has 2 rings (SSSR count). The average molecular weight is 275 g/mol. The third-order valence-corrected chi connectivity index (χ3v) is 4.15. The molecule has 1 aliphatic rings. The molecule has 1 aromatic rings. The second kappa shape index (κ2) is 5.94. The lowest BCUT2D eigenvalue weighted by atomic mass is 10.0. The van der Waals surface area contributed by atoms with Crippen LogP contribution in [0.15, 0.2) is 18.2 Å². The summed E-state index contributed by atoms with van der Waals surface area (Å²) in [5.74, 6) is 0.185. The van der Waals surface area contributed by atoms with Gasteiger partial charge in [0.15, 0.2) is 0 Å². The molecule has 1 fully saturated rings. The maximum atomic E-state index is 12.2. The smallest absolute Gasteiger partial charge is 0.238 e. The maximum Gasteiger partial charge on any atom is 0.238 e. The Labute approximate surface area is 121 Å². The molecular formula is C16H25N3O. The molecule has 1 saturated heterocycles. The minimum Gasteiger partial charge on any atom is -0.320 e. The molecule has 4 nitrogen and oxygen atoms in total. The monoisotopic (exact) mass is 275 g/mol. The van der Waals surface area contributed by atoms with E-state index in [0.29, 0.717) is 12.6 Å². The molecule has 2 atom stereocenters. The normalized spacial score (nSPS) is 20.8. The van der Waals surface area contributed by atoms with Crippen molar-refractivity contribution in [2.24, 2.45) is 0 Å². The molecule has 1 heterocycles. The number of likely N-dealkylation sites (N-methyl/N-ethyl adjacent to an activating group) is 1. The Morgan fingerprint density at radius 1 is 1.40 bits per heavy atom. The number of aryl methyl sites for hydroxylation is 2. The standard InChI is InChI=1S/C16H25N3O/c1-11-6-7-12(2)14(8-11)16-17-9-15(20)19(16)10-13(3)18(4)5/h6-8,13,16-17H,9-10H2,1-5H3. The highest BCUT2D eigenvalue weighted by atomic mass is 16.2. The molecule has 1 amide bonds. The first-order chi connectivity index (χ1) is 9.40. The quantitative estimate of drug-likeness (QED) is 0.908. The molecule has 0 bridgehead atoms. The number of carbonyl (C=O) groups is 1. The number of nitrogens with zero attached hydrogens (tertiary/aromatic N) is 2. The Hall–Kier alpha value is -1.39. The molecule has 0 spiro atoms. The molecule has 0 radical (unpaired) electrons. The Morgan fingerprint density at radius 2 is 2.10 bits per heavy atom. The van der Waals surface area contributed by atoms with Gasteiger partial charge in [-0.3, -0.25) is 10.1 Å². The molecule has 4 heteroatoms. The van der Waals surface area contributed by atoms with Crippen LogP contribution in [0.2, 0.25) is 0 Å². The number of hydrogen-bond donors (Lipinski definition) is 1. The van der Waals surface area contributed by atoms with E-state index < -0.39 is 0 Å². The molecule has 110 valence electrons. The van der Waals surface area contributed by atoms with E-state index in [1.807, 2.05) is 19.0 Å². The zero-order valence-electron chi connectivity index (χ0n) is 13.1. The Kier molecular flexibility index (Phi) is 4.45. The van der Waals surface area contributed by atoms with E-state index in [-0.39, 0.29) is 12.1 Å². The minimum absolute atomic E-state index is 0.00444. The van der Waals surface area contributed by atoms with Gasteiger partial charge in [0.1, 0.15) is 6.17 Å². The highest BCUT2D eigenvalue weighted by molar-refractivity contribution is 5.81. The summed E-state index contributed by atoms with van der Waals surface area (Å²) in [4.78, 5) is 16.3. The van der Waals surface area contributed by atoms with Gasteiger partial charge in [-0.05, 0) is 46.0 Å². The Bertz CT molecular complexity index is 498. The zero-order chi connectivity index (χ0) is 14.9. The van der Waals surface area contributed by atoms with Crippen molar-refractivity contribution >= 4 is 5.91 Å². The van der Waals surface area contributed by atoms with Crippen LogP contribution in [0.3, 0.4) is 0 Å². The highest BCUT2D eigenvalue weighted by Gasteiger charge is 2.33. The van der Waals surface area contributed by atoms with E-state index in [4.69, 9.17) is 0 Å². The molecule has 0 aliphatic carbocycles. The fourth-order valence-corrected chi connectivity index (χ4v) is 2.53. The van der Waals surface area contributed by atoms with E-state index in [1.165, 1.54) is 16.7 Å². The third kappa shape index (κ3) is 3.02. The Balaban J connectivity index is 2.25. The summed E-state index contributed by atoms with van der Waals surface area (Å²) in [5.41, 5.74) is 3.67. The predicted octanol–water partition coefficient (Wildman–Crippen LogP) is 1.68. The summed E-state index contributed by atoms with van der Waals surface area (Å²) >= 11 is 0. The van der Waals surface area contributed by atoms with Crippen LogP contribution in [0, 0.1) is 13.8 Å². The van der Waals surface area contributed by atoms with Crippen molar-refractivity contribution in [1.82, 2.24) is 15.1 Å². The van der Waals surface area contributed by atoms with Crippen molar-refractivity contribution in [2.75, 3.05) is 27.2 Å². The lowest BCUT2D eigenvalue weighted by molar-refractivity contribution is -0.128. The molecule has 20 heavy (non-hydrogen) atoms. The molecular weight excluding hydrogens is 250 g/mol.